The fraction of sp³-hybridized carbons (Fsp3) is 0.409. The van der Waals surface area contributed by atoms with Crippen LogP contribution in [-0.4, -0.2) is 78.1 Å². The van der Waals surface area contributed by atoms with Crippen LogP contribution in [0.2, 0.25) is 0 Å². The van der Waals surface area contributed by atoms with Crippen molar-refractivity contribution in [3.63, 3.8) is 0 Å². The summed E-state index contributed by atoms with van der Waals surface area (Å²) in [7, 11) is 0. The number of piperazine rings is 1. The lowest BCUT2D eigenvalue weighted by atomic mass is 10.1. The molecule has 0 bridgehead atoms. The quantitative estimate of drug-likeness (QED) is 0.633. The number of amides is 2. The summed E-state index contributed by atoms with van der Waals surface area (Å²) in [5.74, 6) is 0.711. The predicted octanol–water partition coefficient (Wildman–Crippen LogP) is 1.94. The molecular weight excluding hydrogens is 414 g/mol. The van der Waals surface area contributed by atoms with Crippen LogP contribution in [0.4, 0.5) is 0 Å². The summed E-state index contributed by atoms with van der Waals surface area (Å²) < 4.78 is 5.60. The molecule has 2 aliphatic rings. The van der Waals surface area contributed by atoms with Crippen LogP contribution in [0.25, 0.3) is 0 Å². The lowest BCUT2D eigenvalue weighted by Gasteiger charge is -2.34. The molecular formula is C22H27N5O3S. The number of hydrazone groups is 1. The van der Waals surface area contributed by atoms with Crippen LogP contribution in [0.3, 0.4) is 0 Å². The topological polar surface area (TPSA) is 81.4 Å². The molecule has 2 aliphatic heterocycles. The van der Waals surface area contributed by atoms with E-state index in [2.05, 4.69) is 26.8 Å². The van der Waals surface area contributed by atoms with Gasteiger partial charge < -0.3 is 9.73 Å². The molecule has 0 spiro atoms. The Bertz CT molecular complexity index is 917. The Hall–Kier alpha value is -2.75. The highest BCUT2D eigenvalue weighted by molar-refractivity contribution is 7.12. The van der Waals surface area contributed by atoms with Gasteiger partial charge in [0, 0.05) is 39.1 Å². The molecule has 4 rings (SSSR count). The van der Waals surface area contributed by atoms with Crippen LogP contribution < -0.4 is 5.32 Å². The van der Waals surface area contributed by atoms with E-state index in [1.807, 2.05) is 29.6 Å². The molecule has 1 N–H and O–H groups in total. The molecule has 164 valence electrons. The smallest absolute Gasteiger partial charge is 0.257 e. The average molecular weight is 442 g/mol. The minimum atomic E-state index is -0.213. The summed E-state index contributed by atoms with van der Waals surface area (Å²) in [4.78, 5) is 30.4. The largest absolute Gasteiger partial charge is 0.467 e. The number of carbonyl (C=O) groups excluding carboxylic acids is 2. The molecule has 9 heteroatoms. The Morgan fingerprint density at radius 1 is 1.19 bits per heavy atom. The zero-order valence-corrected chi connectivity index (χ0v) is 18.2. The molecule has 1 saturated heterocycles. The average Bonchev–Trinajstić information content (AvgIpc) is 3.54. The van der Waals surface area contributed by atoms with Gasteiger partial charge in [-0.1, -0.05) is 12.1 Å². The molecule has 0 aromatic carbocycles. The van der Waals surface area contributed by atoms with Crippen LogP contribution in [0, 0.1) is 0 Å². The second-order valence-electron chi connectivity index (χ2n) is 7.64. The van der Waals surface area contributed by atoms with E-state index in [9.17, 15) is 9.59 Å². The van der Waals surface area contributed by atoms with Crippen molar-refractivity contribution in [3.8, 4) is 0 Å². The van der Waals surface area contributed by atoms with E-state index in [4.69, 9.17) is 4.42 Å². The summed E-state index contributed by atoms with van der Waals surface area (Å²) >= 11 is 1.63. The van der Waals surface area contributed by atoms with Gasteiger partial charge in [-0.05, 0) is 23.6 Å². The molecule has 1 fully saturated rings. The van der Waals surface area contributed by atoms with Crippen molar-refractivity contribution in [2.75, 3.05) is 45.8 Å². The Labute approximate surface area is 185 Å². The summed E-state index contributed by atoms with van der Waals surface area (Å²) in [6, 6.07) is 7.54. The fourth-order valence-corrected chi connectivity index (χ4v) is 4.57. The molecule has 2 aromatic rings. The maximum Gasteiger partial charge on any atom is 0.257 e. The van der Waals surface area contributed by atoms with Crippen molar-refractivity contribution < 1.29 is 14.0 Å². The molecule has 31 heavy (non-hydrogen) atoms. The van der Waals surface area contributed by atoms with Crippen LogP contribution >= 0.6 is 11.3 Å². The van der Waals surface area contributed by atoms with Gasteiger partial charge in [-0.25, -0.2) is 5.01 Å². The predicted molar refractivity (Wildman–Crippen MR) is 120 cm³/mol. The summed E-state index contributed by atoms with van der Waals surface area (Å²) in [5, 5.41) is 11.1. The number of rotatable bonds is 8. The normalized spacial score (nSPS) is 19.9. The lowest BCUT2D eigenvalue weighted by molar-refractivity contribution is -0.135. The van der Waals surface area contributed by atoms with Gasteiger partial charge in [0.15, 0.2) is 0 Å². The van der Waals surface area contributed by atoms with Crippen LogP contribution in [0.15, 0.2) is 58.1 Å². The van der Waals surface area contributed by atoms with Crippen LogP contribution in [-0.2, 0) is 9.59 Å². The molecule has 4 heterocycles. The van der Waals surface area contributed by atoms with E-state index < -0.39 is 0 Å². The van der Waals surface area contributed by atoms with Gasteiger partial charge in [-0.3, -0.25) is 19.4 Å². The van der Waals surface area contributed by atoms with Gasteiger partial charge >= 0.3 is 0 Å². The van der Waals surface area contributed by atoms with Gasteiger partial charge in [-0.15, -0.1) is 17.9 Å². The van der Waals surface area contributed by atoms with Crippen molar-refractivity contribution in [2.24, 2.45) is 5.10 Å². The zero-order valence-electron chi connectivity index (χ0n) is 17.4. The Morgan fingerprint density at radius 2 is 1.97 bits per heavy atom. The van der Waals surface area contributed by atoms with E-state index >= 15 is 0 Å². The molecule has 0 radical (unpaired) electrons. The first-order chi connectivity index (χ1) is 15.1. The standard InChI is InChI=1S/C22H27N5O3S/c1-2-7-23-21(28)15-25-8-10-26(11-9-25)16-22(29)27-18(19-5-3-12-30-19)14-17(24-27)20-6-4-13-31-20/h2-6,12-13,18H,1,7-11,14-16H2,(H,23,28). The molecule has 0 saturated carbocycles. The number of nitrogens with one attached hydrogen (secondary N) is 1. The number of furan rings is 1. The second-order valence-corrected chi connectivity index (χ2v) is 8.59. The first-order valence-corrected chi connectivity index (χ1v) is 11.3. The van der Waals surface area contributed by atoms with E-state index in [1.165, 1.54) is 0 Å². The maximum atomic E-state index is 13.2. The first-order valence-electron chi connectivity index (χ1n) is 10.4. The van der Waals surface area contributed by atoms with Gasteiger partial charge in [-0.2, -0.15) is 5.10 Å². The van der Waals surface area contributed by atoms with Gasteiger partial charge in [0.1, 0.15) is 11.8 Å². The van der Waals surface area contributed by atoms with Crippen LogP contribution in [0.1, 0.15) is 23.1 Å². The molecule has 0 aliphatic carbocycles. The van der Waals surface area contributed by atoms with Gasteiger partial charge in [0.2, 0.25) is 5.91 Å². The van der Waals surface area contributed by atoms with Gasteiger partial charge in [0.05, 0.1) is 29.9 Å². The van der Waals surface area contributed by atoms with Crippen LogP contribution in [0.5, 0.6) is 0 Å². The van der Waals surface area contributed by atoms with E-state index in [-0.39, 0.29) is 17.9 Å². The zero-order chi connectivity index (χ0) is 21.6. The monoisotopic (exact) mass is 441 g/mol. The van der Waals surface area contributed by atoms with E-state index in [0.717, 1.165) is 42.5 Å². The SMILES string of the molecule is C=CCNC(=O)CN1CCN(CC(=O)N2N=C(c3cccs3)CC2c2ccco2)CC1. The Morgan fingerprint density at radius 3 is 2.61 bits per heavy atom. The summed E-state index contributed by atoms with van der Waals surface area (Å²) in [6.45, 7) is 7.73. The fourth-order valence-electron chi connectivity index (χ4n) is 3.85. The van der Waals surface area contributed by atoms with Gasteiger partial charge in [0.25, 0.3) is 5.91 Å². The second kappa shape index (κ2) is 10.0. The highest BCUT2D eigenvalue weighted by atomic mass is 32.1. The number of nitrogens with zero attached hydrogens (tertiary/aromatic N) is 4. The molecule has 2 amide bonds. The summed E-state index contributed by atoms with van der Waals surface area (Å²) in [5.41, 5.74) is 0.917. The number of thiophene rings is 1. The third kappa shape index (κ3) is 5.30. The Kier molecular flexibility index (Phi) is 6.96. The molecule has 1 unspecified atom stereocenters. The molecule has 1 atom stereocenters. The third-order valence-electron chi connectivity index (χ3n) is 5.48. The molecule has 8 nitrogen and oxygen atoms in total. The molecule has 2 aromatic heterocycles. The number of hydrogen-bond acceptors (Lipinski definition) is 7. The number of carbonyl (C=O) groups is 2. The maximum absolute atomic E-state index is 13.2. The minimum Gasteiger partial charge on any atom is -0.467 e. The summed E-state index contributed by atoms with van der Waals surface area (Å²) in [6.07, 6.45) is 3.95. The minimum absolute atomic E-state index is 0.00164. The van der Waals surface area contributed by atoms with Crippen molar-refractivity contribution in [1.82, 2.24) is 20.1 Å². The van der Waals surface area contributed by atoms with Crippen molar-refractivity contribution in [2.45, 2.75) is 12.5 Å². The highest BCUT2D eigenvalue weighted by Gasteiger charge is 2.36. The van der Waals surface area contributed by atoms with E-state index in [1.54, 1.807) is 28.7 Å². The number of hydrogen-bond donors (Lipinski definition) is 1. The third-order valence-corrected chi connectivity index (χ3v) is 6.40. The van der Waals surface area contributed by atoms with E-state index in [0.29, 0.717) is 26.1 Å². The van der Waals surface area contributed by atoms with Crippen molar-refractivity contribution >= 4 is 28.9 Å². The Balaban J connectivity index is 1.35. The lowest BCUT2D eigenvalue weighted by Crippen LogP contribution is -2.51. The first kappa shape index (κ1) is 21.5. The van der Waals surface area contributed by atoms with Crippen molar-refractivity contribution in [1.29, 1.82) is 0 Å². The van der Waals surface area contributed by atoms with Crippen molar-refractivity contribution in [3.05, 3.63) is 59.2 Å². The highest BCUT2D eigenvalue weighted by Crippen LogP contribution is 2.34.